The second kappa shape index (κ2) is 14.1. The topological polar surface area (TPSA) is 101 Å². The molecule has 0 saturated carbocycles. The summed E-state index contributed by atoms with van der Waals surface area (Å²) in [4.78, 5) is 20.0. The van der Waals surface area contributed by atoms with Gasteiger partial charge in [0.15, 0.2) is 0 Å². The average molecular weight is 653 g/mol. The molecule has 3 aromatic carbocycles. The first-order valence-corrected chi connectivity index (χ1v) is 15.6. The van der Waals surface area contributed by atoms with E-state index in [9.17, 15) is 4.79 Å². The highest BCUT2D eigenvalue weighted by Gasteiger charge is 2.45. The number of carbonyl (C=O) groups is 1. The number of nitrogens with one attached hydrogen (secondary N) is 1. The number of rotatable bonds is 11. The largest absolute Gasteiger partial charge is 0.491 e. The third kappa shape index (κ3) is 7.71. The van der Waals surface area contributed by atoms with Crippen molar-refractivity contribution in [3.63, 3.8) is 0 Å². The Kier molecular flexibility index (Phi) is 9.77. The summed E-state index contributed by atoms with van der Waals surface area (Å²) < 4.78 is 20.8. The van der Waals surface area contributed by atoms with Crippen molar-refractivity contribution < 1.29 is 24.1 Å². The molecule has 2 saturated heterocycles. The number of hydrogen-bond donors (Lipinski definition) is 2. The van der Waals surface area contributed by atoms with Crippen LogP contribution < -0.4 is 15.0 Å². The third-order valence-electron chi connectivity index (χ3n) is 8.12. The van der Waals surface area contributed by atoms with Gasteiger partial charge in [-0.25, -0.2) is 9.78 Å². The lowest BCUT2D eigenvalue weighted by molar-refractivity contribution is -0.189. The number of anilines is 2. The fourth-order valence-electron chi connectivity index (χ4n) is 5.80. The van der Waals surface area contributed by atoms with Crippen molar-refractivity contribution in [2.75, 3.05) is 56.2 Å². The first-order chi connectivity index (χ1) is 21.9. The van der Waals surface area contributed by atoms with E-state index in [1.54, 1.807) is 30.7 Å². The molecule has 2 fully saturated rings. The summed E-state index contributed by atoms with van der Waals surface area (Å²) in [7, 11) is 0. The van der Waals surface area contributed by atoms with Gasteiger partial charge in [-0.3, -0.25) is 10.2 Å². The molecular weight excluding hydrogens is 617 g/mol. The first kappa shape index (κ1) is 31.2. The monoisotopic (exact) mass is 651 g/mol. The number of aromatic nitrogens is 2. The Morgan fingerprint density at radius 2 is 1.87 bits per heavy atom. The Balaban J connectivity index is 0.997. The van der Waals surface area contributed by atoms with Crippen LogP contribution in [0.3, 0.4) is 0 Å². The van der Waals surface area contributed by atoms with E-state index in [1.165, 1.54) is 0 Å². The molecule has 0 spiro atoms. The van der Waals surface area contributed by atoms with Gasteiger partial charge in [0.05, 0.1) is 24.5 Å². The second-order valence-electron chi connectivity index (χ2n) is 11.1. The zero-order chi connectivity index (χ0) is 31.2. The van der Waals surface area contributed by atoms with Gasteiger partial charge in [-0.2, -0.15) is 0 Å². The van der Waals surface area contributed by atoms with Gasteiger partial charge in [-0.05, 0) is 54.4 Å². The molecule has 3 heterocycles. The summed E-state index contributed by atoms with van der Waals surface area (Å²) in [5.74, 6) is -0.340. The van der Waals surface area contributed by atoms with E-state index in [4.69, 9.17) is 42.5 Å². The highest BCUT2D eigenvalue weighted by atomic mass is 35.5. The zero-order valence-electron chi connectivity index (χ0n) is 24.6. The molecule has 0 radical (unpaired) electrons. The van der Waals surface area contributed by atoms with Crippen LogP contribution in [0.2, 0.25) is 10.0 Å². The number of amides is 1. The molecule has 0 bridgehead atoms. The number of benzene rings is 3. The summed E-state index contributed by atoms with van der Waals surface area (Å²) in [6.45, 7) is 5.61. The Labute approximate surface area is 272 Å². The molecule has 12 heteroatoms. The third-order valence-corrected chi connectivity index (χ3v) is 8.67. The summed E-state index contributed by atoms with van der Waals surface area (Å²) in [5.41, 5.74) is 3.51. The van der Waals surface area contributed by atoms with E-state index >= 15 is 0 Å². The van der Waals surface area contributed by atoms with Gasteiger partial charge in [0, 0.05) is 67.1 Å². The molecule has 1 amide bonds. The van der Waals surface area contributed by atoms with Crippen molar-refractivity contribution in [3.05, 3.63) is 107 Å². The SMILES string of the molecule is O=C(O)Nc1ccccc1CCN1CCN(c2ccc(OCC3COC(Cn4ccnc4)(c4ccc(Cl)cc4Cl)O3)cc2)CC1. The van der Waals surface area contributed by atoms with Gasteiger partial charge >= 0.3 is 6.09 Å². The Hall–Kier alpha value is -3.80. The number of ether oxygens (including phenoxy) is 3. The van der Waals surface area contributed by atoms with E-state index < -0.39 is 11.9 Å². The summed E-state index contributed by atoms with van der Waals surface area (Å²) in [6, 6.07) is 21.0. The van der Waals surface area contributed by atoms with Gasteiger partial charge in [0.25, 0.3) is 0 Å². The minimum Gasteiger partial charge on any atom is -0.491 e. The molecule has 236 valence electrons. The van der Waals surface area contributed by atoms with Crippen LogP contribution in [0.1, 0.15) is 11.1 Å². The number of piperazine rings is 1. The highest BCUT2D eigenvalue weighted by Crippen LogP contribution is 2.40. The second-order valence-corrected chi connectivity index (χ2v) is 12.0. The van der Waals surface area contributed by atoms with Gasteiger partial charge in [-0.1, -0.05) is 47.5 Å². The number of nitrogens with zero attached hydrogens (tertiary/aromatic N) is 4. The summed E-state index contributed by atoms with van der Waals surface area (Å²) >= 11 is 12.7. The average Bonchev–Trinajstić information content (AvgIpc) is 3.70. The lowest BCUT2D eigenvalue weighted by atomic mass is 10.1. The van der Waals surface area contributed by atoms with Crippen LogP contribution in [-0.2, 0) is 28.2 Å². The quantitative estimate of drug-likeness (QED) is 0.204. The Bertz CT molecular complexity index is 1580. The first-order valence-electron chi connectivity index (χ1n) is 14.9. The minimum absolute atomic E-state index is 0.306. The van der Waals surface area contributed by atoms with E-state index in [1.807, 2.05) is 47.2 Å². The van der Waals surface area contributed by atoms with Crippen LogP contribution in [0.4, 0.5) is 16.2 Å². The van der Waals surface area contributed by atoms with E-state index in [-0.39, 0.29) is 6.10 Å². The molecule has 2 N–H and O–H groups in total. The van der Waals surface area contributed by atoms with Gasteiger partial charge in [-0.15, -0.1) is 0 Å². The minimum atomic E-state index is -1.10. The van der Waals surface area contributed by atoms with Crippen LogP contribution in [0, 0.1) is 0 Å². The summed E-state index contributed by atoms with van der Waals surface area (Å²) in [6.07, 6.45) is 4.71. The van der Waals surface area contributed by atoms with Crippen LogP contribution in [0.25, 0.3) is 0 Å². The van der Waals surface area contributed by atoms with Crippen LogP contribution in [0.5, 0.6) is 5.75 Å². The maximum atomic E-state index is 11.1. The number of halogens is 2. The van der Waals surface area contributed by atoms with Crippen molar-refractivity contribution >= 4 is 40.7 Å². The summed E-state index contributed by atoms with van der Waals surface area (Å²) in [5, 5.41) is 12.6. The van der Waals surface area contributed by atoms with Gasteiger partial charge in [0.1, 0.15) is 18.5 Å². The number of carboxylic acid groups (broad SMARTS) is 1. The lowest BCUT2D eigenvalue weighted by Gasteiger charge is -2.36. The van der Waals surface area contributed by atoms with Crippen LogP contribution in [-0.4, -0.2) is 77.7 Å². The van der Waals surface area contributed by atoms with Crippen molar-refractivity contribution in [1.29, 1.82) is 0 Å². The van der Waals surface area contributed by atoms with Crippen molar-refractivity contribution in [2.24, 2.45) is 0 Å². The van der Waals surface area contributed by atoms with Crippen molar-refractivity contribution in [3.8, 4) is 5.75 Å². The fraction of sp³-hybridized carbons (Fsp3) is 0.333. The van der Waals surface area contributed by atoms with Gasteiger partial charge in [0.2, 0.25) is 5.79 Å². The zero-order valence-corrected chi connectivity index (χ0v) is 26.2. The van der Waals surface area contributed by atoms with Gasteiger partial charge < -0.3 is 28.8 Å². The fourth-order valence-corrected chi connectivity index (χ4v) is 6.35. The van der Waals surface area contributed by atoms with E-state index in [0.29, 0.717) is 41.1 Å². The molecule has 2 atom stereocenters. The van der Waals surface area contributed by atoms with Crippen molar-refractivity contribution in [1.82, 2.24) is 14.5 Å². The molecule has 1 aromatic heterocycles. The normalized spacial score (nSPS) is 20.3. The molecule has 2 aliphatic rings. The molecule has 6 rings (SSSR count). The van der Waals surface area contributed by atoms with Crippen LogP contribution in [0.15, 0.2) is 85.5 Å². The molecule has 4 aromatic rings. The predicted octanol–water partition coefficient (Wildman–Crippen LogP) is 5.99. The molecule has 45 heavy (non-hydrogen) atoms. The van der Waals surface area contributed by atoms with E-state index in [2.05, 4.69) is 32.2 Å². The smallest absolute Gasteiger partial charge is 0.409 e. The lowest BCUT2D eigenvalue weighted by Crippen LogP contribution is -2.47. The molecule has 10 nitrogen and oxygen atoms in total. The molecule has 2 aliphatic heterocycles. The molecule has 0 aliphatic carbocycles. The maximum Gasteiger partial charge on any atom is 0.409 e. The van der Waals surface area contributed by atoms with Crippen molar-refractivity contribution in [2.45, 2.75) is 24.9 Å². The Morgan fingerprint density at radius 1 is 1.07 bits per heavy atom. The molecule has 2 unspecified atom stereocenters. The standard InChI is InChI=1S/C33H35Cl2N5O5/c34-25-5-10-29(30(35)19-25)33(22-39-14-12-36-23-39)44-21-28(45-33)20-43-27-8-6-26(7-9-27)40-17-15-38(16-18-40)13-11-24-3-1-2-4-31(24)37-32(41)42/h1-10,12,14,19,23,28,37H,11,13,15-18,20-22H2,(H,41,42). The van der Waals surface area contributed by atoms with E-state index in [0.717, 1.165) is 56.1 Å². The number of para-hydroxylation sites is 1. The highest BCUT2D eigenvalue weighted by molar-refractivity contribution is 6.35. The van der Waals surface area contributed by atoms with Crippen LogP contribution >= 0.6 is 23.2 Å². The Morgan fingerprint density at radius 3 is 2.60 bits per heavy atom. The predicted molar refractivity (Wildman–Crippen MR) is 174 cm³/mol. The number of hydrogen-bond acceptors (Lipinski definition) is 7. The maximum absolute atomic E-state index is 11.1. The number of imidazole rings is 1. The molecular formula is C33H35Cl2N5O5.